The maximum absolute atomic E-state index is 13.1. The Morgan fingerprint density at radius 3 is 2.58 bits per heavy atom. The number of amides is 1. The van der Waals surface area contributed by atoms with Crippen molar-refractivity contribution >= 4 is 29.5 Å². The van der Waals surface area contributed by atoms with Crippen molar-refractivity contribution in [2.75, 3.05) is 32.1 Å². The van der Waals surface area contributed by atoms with Crippen molar-refractivity contribution < 1.29 is 14.6 Å². The van der Waals surface area contributed by atoms with Crippen molar-refractivity contribution in [1.82, 2.24) is 14.9 Å². The van der Waals surface area contributed by atoms with Crippen molar-refractivity contribution in [3.63, 3.8) is 0 Å². The van der Waals surface area contributed by atoms with Gasteiger partial charge < -0.3 is 20.5 Å². The summed E-state index contributed by atoms with van der Waals surface area (Å²) in [5, 5.41) is 15.7. The minimum atomic E-state index is -0.301. The molecule has 33 heavy (non-hydrogen) atoms. The van der Waals surface area contributed by atoms with Crippen molar-refractivity contribution in [3.05, 3.63) is 70.4 Å². The fourth-order valence-corrected chi connectivity index (χ4v) is 3.32. The van der Waals surface area contributed by atoms with Crippen LogP contribution in [-0.4, -0.2) is 53.5 Å². The van der Waals surface area contributed by atoms with Crippen LogP contribution in [0.4, 0.5) is 5.82 Å². The summed E-state index contributed by atoms with van der Waals surface area (Å²) in [6.07, 6.45) is 2.22. The number of halogens is 1. The van der Waals surface area contributed by atoms with Crippen LogP contribution in [0.5, 0.6) is 11.8 Å². The predicted molar refractivity (Wildman–Crippen MR) is 131 cm³/mol. The minimum Gasteiger partial charge on any atom is -0.425 e. The molecule has 0 unspecified atom stereocenters. The number of anilines is 1. The number of aliphatic imine (C=N–C) groups is 1. The summed E-state index contributed by atoms with van der Waals surface area (Å²) in [7, 11) is 1.72. The Morgan fingerprint density at radius 2 is 1.94 bits per heavy atom. The van der Waals surface area contributed by atoms with Gasteiger partial charge in [-0.25, -0.2) is 0 Å². The lowest BCUT2D eigenvalue weighted by atomic mass is 10.2. The van der Waals surface area contributed by atoms with Gasteiger partial charge in [0.05, 0.1) is 6.54 Å². The molecule has 9 heteroatoms. The number of hydrogen-bond donors (Lipinski definition) is 3. The zero-order chi connectivity index (χ0) is 23.6. The number of nitrogens with one attached hydrogen (secondary N) is 2. The number of carbonyl (C=O) groups excluding carboxylic acids is 1. The molecule has 2 aromatic carbocycles. The number of aliphatic hydroxyl groups is 1. The zero-order valence-corrected chi connectivity index (χ0v) is 19.5. The number of aliphatic hydroxyl groups excluding tert-OH is 1. The van der Waals surface area contributed by atoms with E-state index in [1.54, 1.807) is 30.0 Å². The first-order valence-electron chi connectivity index (χ1n) is 10.7. The number of aromatic nitrogens is 2. The lowest BCUT2D eigenvalue weighted by Gasteiger charge is -2.13. The maximum atomic E-state index is 13.1. The highest BCUT2D eigenvalue weighted by atomic mass is 35.5. The summed E-state index contributed by atoms with van der Waals surface area (Å²) >= 11 is 6.04. The quantitative estimate of drug-likeness (QED) is 0.291. The van der Waals surface area contributed by atoms with E-state index in [2.05, 4.69) is 20.6 Å². The lowest BCUT2D eigenvalue weighted by molar-refractivity contribution is 0.0942. The largest absolute Gasteiger partial charge is 0.425 e. The smallest absolute Gasteiger partial charge is 0.304 e. The summed E-state index contributed by atoms with van der Waals surface area (Å²) in [6, 6.07) is 15.1. The molecular weight excluding hydrogens is 442 g/mol. The number of carbonyl (C=O) groups is 1. The molecule has 0 aliphatic heterocycles. The molecule has 0 fully saturated rings. The van der Waals surface area contributed by atoms with E-state index >= 15 is 0 Å². The first-order chi connectivity index (χ1) is 16.0. The van der Waals surface area contributed by atoms with Crippen LogP contribution in [-0.2, 0) is 6.54 Å². The maximum Gasteiger partial charge on any atom is 0.304 e. The van der Waals surface area contributed by atoms with Gasteiger partial charge in [0.1, 0.15) is 5.75 Å². The van der Waals surface area contributed by atoms with Gasteiger partial charge in [0, 0.05) is 38.0 Å². The van der Waals surface area contributed by atoms with E-state index in [0.29, 0.717) is 48.3 Å². The van der Waals surface area contributed by atoms with Gasteiger partial charge >= 0.3 is 6.01 Å². The number of ether oxygens (including phenoxy) is 1. The van der Waals surface area contributed by atoms with Gasteiger partial charge in [-0.05, 0) is 60.9 Å². The number of rotatable bonds is 11. The molecule has 0 bridgehead atoms. The molecule has 0 radical (unpaired) electrons. The van der Waals surface area contributed by atoms with E-state index in [0.717, 1.165) is 11.1 Å². The van der Waals surface area contributed by atoms with Crippen molar-refractivity contribution in [1.29, 1.82) is 0 Å². The van der Waals surface area contributed by atoms with Crippen molar-refractivity contribution in [2.24, 2.45) is 4.99 Å². The van der Waals surface area contributed by atoms with Gasteiger partial charge in [0.15, 0.2) is 11.5 Å². The van der Waals surface area contributed by atoms with Crippen LogP contribution in [0.1, 0.15) is 35.0 Å². The average Bonchev–Trinajstić information content (AvgIpc) is 3.13. The number of benzene rings is 2. The molecule has 3 aromatic rings. The van der Waals surface area contributed by atoms with Crippen LogP contribution >= 0.6 is 11.6 Å². The molecule has 8 nitrogen and oxygen atoms in total. The molecule has 0 saturated carbocycles. The third kappa shape index (κ3) is 6.57. The molecule has 0 aliphatic carbocycles. The van der Waals surface area contributed by atoms with Gasteiger partial charge in [-0.3, -0.25) is 14.4 Å². The topological polar surface area (TPSA) is 101 Å². The standard InChI is InChI=1S/C24H28ClN5O3/c1-3-27-22-21(23(32)28-13-4-14-31)30(16-18-5-9-19(25)10-6-18)24(29-22)33-20-11-7-17(8-12-20)15-26-2/h5-12,15,27,31H,3-4,13-14,16H2,1-2H3,(H,28,32). The van der Waals surface area contributed by atoms with Crippen molar-refractivity contribution in [3.8, 4) is 11.8 Å². The average molecular weight is 470 g/mol. The van der Waals surface area contributed by atoms with Crippen LogP contribution in [0.3, 0.4) is 0 Å². The van der Waals surface area contributed by atoms with E-state index in [1.165, 1.54) is 0 Å². The van der Waals surface area contributed by atoms with Gasteiger partial charge in [-0.1, -0.05) is 23.7 Å². The number of hydrogen-bond acceptors (Lipinski definition) is 6. The van der Waals surface area contributed by atoms with Crippen molar-refractivity contribution in [2.45, 2.75) is 19.9 Å². The summed E-state index contributed by atoms with van der Waals surface area (Å²) < 4.78 is 7.84. The monoisotopic (exact) mass is 469 g/mol. The van der Waals surface area contributed by atoms with E-state index in [4.69, 9.17) is 21.4 Å². The first-order valence-corrected chi connectivity index (χ1v) is 11.1. The van der Waals surface area contributed by atoms with Crippen LogP contribution in [0.15, 0.2) is 53.5 Å². The van der Waals surface area contributed by atoms with Gasteiger partial charge in [-0.2, -0.15) is 4.98 Å². The van der Waals surface area contributed by atoms with Gasteiger partial charge in [0.2, 0.25) is 0 Å². The summed E-state index contributed by atoms with van der Waals surface area (Å²) in [4.78, 5) is 21.7. The van der Waals surface area contributed by atoms with Crippen LogP contribution in [0.25, 0.3) is 0 Å². The molecule has 1 amide bonds. The molecule has 174 valence electrons. The summed E-state index contributed by atoms with van der Waals surface area (Å²) in [5.41, 5.74) is 2.24. The second-order valence-electron chi connectivity index (χ2n) is 7.23. The molecule has 1 heterocycles. The van der Waals surface area contributed by atoms with E-state index in [9.17, 15) is 4.79 Å². The fraction of sp³-hybridized carbons (Fsp3) is 0.292. The molecule has 0 aliphatic rings. The number of imidazole rings is 1. The molecule has 0 spiro atoms. The van der Waals surface area contributed by atoms with Gasteiger partial charge in [0.25, 0.3) is 5.91 Å². The third-order valence-corrected chi connectivity index (χ3v) is 4.99. The highest BCUT2D eigenvalue weighted by Gasteiger charge is 2.24. The molecule has 0 saturated heterocycles. The Morgan fingerprint density at radius 1 is 1.21 bits per heavy atom. The Bertz CT molecular complexity index is 1080. The third-order valence-electron chi connectivity index (χ3n) is 4.73. The second-order valence-corrected chi connectivity index (χ2v) is 7.66. The Hall–Kier alpha value is -3.36. The molecule has 1 aromatic heterocycles. The predicted octanol–water partition coefficient (Wildman–Crippen LogP) is 3.97. The molecular formula is C24H28ClN5O3. The molecule has 3 N–H and O–H groups in total. The minimum absolute atomic E-state index is 0.00250. The second kappa shape index (κ2) is 12.0. The normalized spacial score (nSPS) is 11.0. The summed E-state index contributed by atoms with van der Waals surface area (Å²) in [5.74, 6) is 0.712. The Kier molecular flexibility index (Phi) is 8.86. The van der Waals surface area contributed by atoms with Gasteiger partial charge in [-0.15, -0.1) is 0 Å². The van der Waals surface area contributed by atoms with E-state index in [1.807, 2.05) is 43.3 Å². The lowest BCUT2D eigenvalue weighted by Crippen LogP contribution is -2.28. The molecule has 0 atom stereocenters. The Balaban J connectivity index is 2.00. The van der Waals surface area contributed by atoms with E-state index in [-0.39, 0.29) is 18.5 Å². The number of nitrogens with zero attached hydrogens (tertiary/aromatic N) is 3. The van der Waals surface area contributed by atoms with Crippen LogP contribution < -0.4 is 15.4 Å². The SMILES string of the molecule is CCNc1nc(Oc2ccc(C=NC)cc2)n(Cc2ccc(Cl)cc2)c1C(=O)NCCCO. The Labute approximate surface area is 198 Å². The fourth-order valence-electron chi connectivity index (χ4n) is 3.19. The first kappa shape index (κ1) is 24.3. The highest BCUT2D eigenvalue weighted by molar-refractivity contribution is 6.30. The summed E-state index contributed by atoms with van der Waals surface area (Å²) in [6.45, 7) is 3.22. The van der Waals surface area contributed by atoms with Crippen LogP contribution in [0.2, 0.25) is 5.02 Å². The zero-order valence-electron chi connectivity index (χ0n) is 18.7. The highest BCUT2D eigenvalue weighted by Crippen LogP contribution is 2.28. The van der Waals surface area contributed by atoms with Crippen LogP contribution in [0, 0.1) is 0 Å². The van der Waals surface area contributed by atoms with E-state index < -0.39 is 0 Å². The molecule has 3 rings (SSSR count).